The summed E-state index contributed by atoms with van der Waals surface area (Å²) in [5.74, 6) is -0.284. The van der Waals surface area contributed by atoms with Crippen molar-refractivity contribution in [2.45, 2.75) is 19.9 Å². The Balaban J connectivity index is 2.21. The number of rotatable bonds is 5. The Kier molecular flexibility index (Phi) is 4.52. The van der Waals surface area contributed by atoms with E-state index in [0.29, 0.717) is 6.61 Å². The fraction of sp³-hybridized carbons (Fsp3) is 0.286. The number of aryl methyl sites for hydroxylation is 1. The Labute approximate surface area is 116 Å². The van der Waals surface area contributed by atoms with Gasteiger partial charge in [-0.1, -0.05) is 12.1 Å². The van der Waals surface area contributed by atoms with Crippen LogP contribution >= 0.6 is 11.3 Å². The van der Waals surface area contributed by atoms with E-state index in [1.54, 1.807) is 18.6 Å². The zero-order chi connectivity index (χ0) is 13.7. The zero-order valence-electron chi connectivity index (χ0n) is 10.9. The number of benzene rings is 1. The second-order valence-electron chi connectivity index (χ2n) is 4.10. The molecule has 0 aliphatic heterocycles. The summed E-state index contributed by atoms with van der Waals surface area (Å²) in [7, 11) is 0. The van der Waals surface area contributed by atoms with Crippen molar-refractivity contribution < 1.29 is 9.53 Å². The number of hydrogen-bond acceptors (Lipinski definition) is 5. The molecule has 0 saturated carbocycles. The molecule has 0 bridgehead atoms. The second-order valence-corrected chi connectivity index (χ2v) is 5.02. The quantitative estimate of drug-likeness (QED) is 0.852. The Morgan fingerprint density at radius 1 is 1.53 bits per heavy atom. The highest BCUT2D eigenvalue weighted by molar-refractivity contribution is 7.09. The Morgan fingerprint density at radius 3 is 3.00 bits per heavy atom. The van der Waals surface area contributed by atoms with Gasteiger partial charge in [0.2, 0.25) is 0 Å². The molecular formula is C14H16N2O2S. The van der Waals surface area contributed by atoms with E-state index in [2.05, 4.69) is 10.3 Å². The normalized spacial score (nSPS) is 11.9. The summed E-state index contributed by atoms with van der Waals surface area (Å²) in [5.41, 5.74) is 3.74. The van der Waals surface area contributed by atoms with E-state index in [1.165, 1.54) is 11.3 Å². The number of carbonyl (C=O) groups is 1. The molecule has 0 fully saturated rings. The molecule has 0 aliphatic rings. The van der Waals surface area contributed by atoms with Crippen LogP contribution in [0, 0.1) is 6.92 Å². The van der Waals surface area contributed by atoms with Gasteiger partial charge >= 0.3 is 5.97 Å². The Morgan fingerprint density at radius 2 is 2.37 bits per heavy atom. The number of nitrogens with one attached hydrogen (secondary N) is 1. The van der Waals surface area contributed by atoms with Gasteiger partial charge in [0, 0.05) is 11.9 Å². The first-order valence-electron chi connectivity index (χ1n) is 6.09. The van der Waals surface area contributed by atoms with Crippen LogP contribution in [0.2, 0.25) is 0 Å². The highest BCUT2D eigenvalue weighted by atomic mass is 32.1. The number of hydrogen-bond donors (Lipinski definition) is 1. The maximum atomic E-state index is 12.0. The predicted molar refractivity (Wildman–Crippen MR) is 76.3 cm³/mol. The van der Waals surface area contributed by atoms with Gasteiger partial charge in [-0.05, 0) is 31.5 Å². The second kappa shape index (κ2) is 6.33. The van der Waals surface area contributed by atoms with Crippen molar-refractivity contribution in [3.8, 4) is 0 Å². The van der Waals surface area contributed by atoms with Gasteiger partial charge < -0.3 is 10.1 Å². The molecule has 0 radical (unpaired) electrons. The SMILES string of the molecule is CCOC(=O)C(Nc1cccc(C)c1)c1cncs1. The van der Waals surface area contributed by atoms with Gasteiger partial charge in [-0.3, -0.25) is 4.98 Å². The van der Waals surface area contributed by atoms with Gasteiger partial charge in [0.25, 0.3) is 0 Å². The molecule has 1 atom stereocenters. The van der Waals surface area contributed by atoms with Crippen molar-refractivity contribution in [3.05, 3.63) is 46.4 Å². The summed E-state index contributed by atoms with van der Waals surface area (Å²) < 4.78 is 5.11. The van der Waals surface area contributed by atoms with E-state index in [9.17, 15) is 4.79 Å². The van der Waals surface area contributed by atoms with Crippen molar-refractivity contribution in [1.82, 2.24) is 4.98 Å². The van der Waals surface area contributed by atoms with Crippen molar-refractivity contribution >= 4 is 23.0 Å². The average Bonchev–Trinajstić information content (AvgIpc) is 2.90. The van der Waals surface area contributed by atoms with Crippen molar-refractivity contribution in [3.63, 3.8) is 0 Å². The van der Waals surface area contributed by atoms with Crippen molar-refractivity contribution in [2.24, 2.45) is 0 Å². The van der Waals surface area contributed by atoms with Gasteiger partial charge in [0.05, 0.1) is 17.0 Å². The molecule has 2 aromatic rings. The van der Waals surface area contributed by atoms with Gasteiger partial charge in [-0.25, -0.2) is 4.79 Å². The molecule has 1 aromatic heterocycles. The lowest BCUT2D eigenvalue weighted by molar-refractivity contribution is -0.144. The highest BCUT2D eigenvalue weighted by Gasteiger charge is 2.23. The van der Waals surface area contributed by atoms with Crippen molar-refractivity contribution in [2.75, 3.05) is 11.9 Å². The van der Waals surface area contributed by atoms with Gasteiger partial charge in [-0.2, -0.15) is 0 Å². The van der Waals surface area contributed by atoms with Gasteiger partial charge in [0.15, 0.2) is 6.04 Å². The van der Waals surface area contributed by atoms with E-state index in [4.69, 9.17) is 4.74 Å². The van der Waals surface area contributed by atoms with E-state index in [1.807, 2.05) is 31.2 Å². The number of carbonyl (C=O) groups excluding carboxylic acids is 1. The summed E-state index contributed by atoms with van der Waals surface area (Å²) in [6.07, 6.45) is 1.69. The summed E-state index contributed by atoms with van der Waals surface area (Å²) in [6, 6.07) is 7.38. The third kappa shape index (κ3) is 3.54. The van der Waals surface area contributed by atoms with Gasteiger partial charge in [-0.15, -0.1) is 11.3 Å². The van der Waals surface area contributed by atoms with Crippen LogP contribution in [0.25, 0.3) is 0 Å². The third-order valence-electron chi connectivity index (χ3n) is 2.59. The summed E-state index contributed by atoms with van der Waals surface area (Å²) >= 11 is 1.43. The summed E-state index contributed by atoms with van der Waals surface area (Å²) in [6.45, 7) is 4.18. The standard InChI is InChI=1S/C14H16N2O2S/c1-3-18-14(17)13(12-8-15-9-19-12)16-11-6-4-5-10(2)7-11/h4-9,13,16H,3H2,1-2H3. The largest absolute Gasteiger partial charge is 0.464 e. The van der Waals surface area contributed by atoms with Crippen LogP contribution in [-0.2, 0) is 9.53 Å². The van der Waals surface area contributed by atoms with Crippen LogP contribution in [0.15, 0.2) is 36.0 Å². The number of thiazole rings is 1. The van der Waals surface area contributed by atoms with Crippen LogP contribution in [0.4, 0.5) is 5.69 Å². The summed E-state index contributed by atoms with van der Waals surface area (Å²) in [4.78, 5) is 16.9. The molecule has 1 unspecified atom stereocenters. The smallest absolute Gasteiger partial charge is 0.334 e. The highest BCUT2D eigenvalue weighted by Crippen LogP contribution is 2.24. The zero-order valence-corrected chi connectivity index (χ0v) is 11.7. The number of aromatic nitrogens is 1. The molecule has 0 spiro atoms. The minimum Gasteiger partial charge on any atom is -0.464 e. The molecule has 1 aromatic carbocycles. The first-order chi connectivity index (χ1) is 9.20. The molecule has 0 amide bonds. The average molecular weight is 276 g/mol. The Bertz CT molecular complexity index is 540. The van der Waals surface area contributed by atoms with Crippen LogP contribution in [0.3, 0.4) is 0 Å². The summed E-state index contributed by atoms with van der Waals surface area (Å²) in [5, 5.41) is 3.20. The maximum absolute atomic E-state index is 12.0. The van der Waals surface area contributed by atoms with E-state index in [-0.39, 0.29) is 5.97 Å². The van der Waals surface area contributed by atoms with E-state index >= 15 is 0 Å². The molecule has 100 valence electrons. The lowest BCUT2D eigenvalue weighted by atomic mass is 10.2. The molecule has 1 N–H and O–H groups in total. The molecule has 2 rings (SSSR count). The minimum atomic E-state index is -0.505. The molecular weight excluding hydrogens is 260 g/mol. The fourth-order valence-electron chi connectivity index (χ4n) is 1.74. The van der Waals surface area contributed by atoms with Crippen LogP contribution in [0.1, 0.15) is 23.4 Å². The third-order valence-corrected chi connectivity index (χ3v) is 3.43. The first kappa shape index (κ1) is 13.5. The lowest BCUT2D eigenvalue weighted by Gasteiger charge is -2.17. The number of anilines is 1. The van der Waals surface area contributed by atoms with Crippen molar-refractivity contribution in [1.29, 1.82) is 0 Å². The monoisotopic (exact) mass is 276 g/mol. The Hall–Kier alpha value is -1.88. The molecule has 19 heavy (non-hydrogen) atoms. The predicted octanol–water partition coefficient (Wildman–Crippen LogP) is 3.17. The topological polar surface area (TPSA) is 51.2 Å². The fourth-order valence-corrected chi connectivity index (χ4v) is 2.40. The number of esters is 1. The molecule has 0 aliphatic carbocycles. The van der Waals surface area contributed by atoms with E-state index < -0.39 is 6.04 Å². The van der Waals surface area contributed by atoms with Crippen LogP contribution in [0.5, 0.6) is 0 Å². The number of ether oxygens (including phenoxy) is 1. The molecule has 5 heteroatoms. The number of nitrogens with zero attached hydrogens (tertiary/aromatic N) is 1. The van der Waals surface area contributed by atoms with Crippen LogP contribution < -0.4 is 5.32 Å². The first-order valence-corrected chi connectivity index (χ1v) is 6.97. The molecule has 4 nitrogen and oxygen atoms in total. The van der Waals surface area contributed by atoms with E-state index in [0.717, 1.165) is 16.1 Å². The maximum Gasteiger partial charge on any atom is 0.334 e. The van der Waals surface area contributed by atoms with Crippen LogP contribution in [-0.4, -0.2) is 17.6 Å². The molecule has 1 heterocycles. The minimum absolute atomic E-state index is 0.284. The molecule has 0 saturated heterocycles. The van der Waals surface area contributed by atoms with Gasteiger partial charge in [0.1, 0.15) is 0 Å². The lowest BCUT2D eigenvalue weighted by Crippen LogP contribution is -2.22.